The van der Waals surface area contributed by atoms with Crippen molar-refractivity contribution in [3.05, 3.63) is 288 Å². The van der Waals surface area contributed by atoms with Crippen molar-refractivity contribution in [1.29, 1.82) is 0 Å². The van der Waals surface area contributed by atoms with E-state index in [1.807, 2.05) is 224 Å². The molecule has 1 fully saturated rings. The van der Waals surface area contributed by atoms with Crippen LogP contribution in [0.1, 0.15) is 110 Å². The topological polar surface area (TPSA) is 253 Å². The number of Topliss-reactive ketones (excluding diaryl/α,β-unsaturated/α-hetero) is 1. The first kappa shape index (κ1) is 91.2. The molecule has 20 nitrogen and oxygen atoms in total. The zero-order chi connectivity index (χ0) is 80.0. The van der Waals surface area contributed by atoms with Gasteiger partial charge >= 0.3 is 5.97 Å². The Morgan fingerprint density at radius 3 is 1.14 bits per heavy atom. The SMILES string of the molecule is NCCOCCOCCOCCNC(=O)CCCc1ccccc1.O=C(CCCOCCOCCOCCCC[C@@H](O)COc1ccc(OCc2ccccc2)c(OCc2ccccc2)c1)CCCc1ccccc1.O=C(O)CCCc1ccccc1.c1ccc(COc2ccc(OCC3CO3)cc2OCc2ccccc2)cc1. The molecule has 1 aliphatic heterocycles. The second-order valence-corrected chi connectivity index (χ2v) is 26.9. The number of hydrogen-bond donors (Lipinski definition) is 4. The monoisotopic (exact) mass is 1560 g/mol. The Kier molecular flexibility index (Phi) is 47.8. The second-order valence-electron chi connectivity index (χ2n) is 26.9. The molecule has 0 aliphatic carbocycles. The molecule has 10 rings (SSSR count). The minimum atomic E-state index is -0.717. The van der Waals surface area contributed by atoms with Crippen molar-refractivity contribution >= 4 is 17.7 Å². The average Bonchev–Trinajstić information content (AvgIpc) is 1.32. The first-order chi connectivity index (χ1) is 56.1. The van der Waals surface area contributed by atoms with E-state index >= 15 is 0 Å². The molecule has 1 aliphatic rings. The number of nitrogens with two attached hydrogens (primary N) is 1. The van der Waals surface area contributed by atoms with Crippen LogP contribution in [0, 0.1) is 0 Å². The number of epoxide rings is 1. The predicted molar refractivity (Wildman–Crippen MR) is 444 cm³/mol. The van der Waals surface area contributed by atoms with Gasteiger partial charge in [-0.2, -0.15) is 0 Å². The smallest absolute Gasteiger partial charge is 0.303 e. The predicted octanol–water partition coefficient (Wildman–Crippen LogP) is 16.0. The van der Waals surface area contributed by atoms with E-state index in [1.165, 1.54) is 16.7 Å². The van der Waals surface area contributed by atoms with E-state index in [0.29, 0.717) is 186 Å². The summed E-state index contributed by atoms with van der Waals surface area (Å²) in [7, 11) is 0. The van der Waals surface area contributed by atoms with Gasteiger partial charge in [-0.3, -0.25) is 14.4 Å². The highest BCUT2D eigenvalue weighted by atomic mass is 16.6. The number of carbonyl (C=O) groups excluding carboxylic acids is 2. The van der Waals surface area contributed by atoms with E-state index < -0.39 is 12.1 Å². The number of aliphatic carboxylic acids is 1. The minimum absolute atomic E-state index is 0.0721. The van der Waals surface area contributed by atoms with Gasteiger partial charge in [-0.25, -0.2) is 0 Å². The summed E-state index contributed by atoms with van der Waals surface area (Å²) in [5.41, 5.74) is 13.4. The third kappa shape index (κ3) is 44.5. The van der Waals surface area contributed by atoms with Gasteiger partial charge in [0.15, 0.2) is 23.0 Å². The molecule has 0 saturated carbocycles. The van der Waals surface area contributed by atoms with Gasteiger partial charge in [0.25, 0.3) is 0 Å². The lowest BCUT2D eigenvalue weighted by molar-refractivity contribution is -0.137. The van der Waals surface area contributed by atoms with Gasteiger partial charge in [0.1, 0.15) is 63.0 Å². The standard InChI is InChI=1S/C43H54O8.C23H22O4.C18H30N2O4.C10H12O2/c44-39(22-12-20-36-14-4-1-5-15-36)23-13-27-47-29-31-48-30-28-46-26-11-10-21-40(45)35-49-41-24-25-42(50-33-37-16-6-2-7-17-37)43(32-41)51-34-38-18-8-3-9-19-38;1-3-7-18(8-4-1)14-26-22-12-11-20(24-16-21-17-25-21)13-23(22)27-15-19-9-5-2-6-10-19;19-9-11-22-13-15-24-16-14-23-12-10-20-18(21)8-4-7-17-5-2-1-3-6-17;11-10(12)8-4-7-9-5-2-1-3-6-9/h1-9,14-19,24-25,32,40,45H,10-13,20-23,26-31,33-35H2;1-13,21H,14-17H2;1-3,5-6H,4,7-16,19H2,(H,20,21);1-3,5-6H,4,7-8H2,(H,11,12)/t40-;;;/m1.../s1. The summed E-state index contributed by atoms with van der Waals surface area (Å²) >= 11 is 0. The number of carbonyl (C=O) groups is 3. The number of carboxylic acid groups (broad SMARTS) is 1. The number of ketones is 1. The Labute approximate surface area is 674 Å². The Morgan fingerprint density at radius 2 is 0.728 bits per heavy atom. The maximum absolute atomic E-state index is 12.1. The number of unbranched alkanes of at least 4 members (excludes halogenated alkanes) is 1. The van der Waals surface area contributed by atoms with E-state index in [9.17, 15) is 19.5 Å². The lowest BCUT2D eigenvalue weighted by Crippen LogP contribution is -2.27. The highest BCUT2D eigenvalue weighted by molar-refractivity contribution is 5.78. The summed E-state index contributed by atoms with van der Waals surface area (Å²) in [5.74, 6) is 3.61. The van der Waals surface area contributed by atoms with Crippen LogP contribution in [0.4, 0.5) is 0 Å². The fraction of sp³-hybridized carbons (Fsp3) is 0.394. The third-order valence-corrected chi connectivity index (χ3v) is 17.4. The van der Waals surface area contributed by atoms with Crippen LogP contribution in [0.25, 0.3) is 0 Å². The minimum Gasteiger partial charge on any atom is -0.491 e. The molecule has 9 aromatic rings. The number of aliphatic hydroxyl groups excluding tert-OH is 1. The van der Waals surface area contributed by atoms with Gasteiger partial charge in [-0.1, -0.05) is 212 Å². The largest absolute Gasteiger partial charge is 0.491 e. The van der Waals surface area contributed by atoms with Gasteiger partial charge in [0, 0.05) is 64.1 Å². The number of ether oxygens (including phenoxy) is 13. The Hall–Kier alpha value is -9.97. The van der Waals surface area contributed by atoms with Crippen molar-refractivity contribution in [3.63, 3.8) is 0 Å². The molecule has 114 heavy (non-hydrogen) atoms. The van der Waals surface area contributed by atoms with E-state index in [0.717, 1.165) is 92.4 Å². The summed E-state index contributed by atoms with van der Waals surface area (Å²) in [5, 5.41) is 21.8. The Bertz CT molecular complexity index is 3890. The third-order valence-electron chi connectivity index (χ3n) is 17.4. The quantitative estimate of drug-likeness (QED) is 0.0204. The highest BCUT2D eigenvalue weighted by Gasteiger charge is 2.23. The molecule has 9 aromatic carbocycles. The van der Waals surface area contributed by atoms with E-state index in [-0.39, 0.29) is 25.0 Å². The van der Waals surface area contributed by atoms with Crippen molar-refractivity contribution < 1.29 is 86.2 Å². The van der Waals surface area contributed by atoms with Crippen molar-refractivity contribution in [3.8, 4) is 34.5 Å². The molecular weight excluding hydrogens is 1450 g/mol. The van der Waals surface area contributed by atoms with E-state index in [2.05, 4.69) is 29.6 Å². The Balaban J connectivity index is 0.000000238. The average molecular weight is 1560 g/mol. The number of benzene rings is 9. The second kappa shape index (κ2) is 59.7. The van der Waals surface area contributed by atoms with Gasteiger partial charge in [-0.15, -0.1) is 0 Å². The van der Waals surface area contributed by atoms with Gasteiger partial charge in [0.2, 0.25) is 5.91 Å². The molecule has 20 heteroatoms. The summed E-state index contributed by atoms with van der Waals surface area (Å²) in [4.78, 5) is 33.9. The van der Waals surface area contributed by atoms with Gasteiger partial charge in [0.05, 0.1) is 78.8 Å². The number of hydrogen-bond acceptors (Lipinski definition) is 18. The van der Waals surface area contributed by atoms with Crippen LogP contribution in [0.3, 0.4) is 0 Å². The normalized spacial score (nSPS) is 12.1. The molecule has 2 atom stereocenters. The van der Waals surface area contributed by atoms with Crippen molar-refractivity contribution in [2.45, 2.75) is 129 Å². The fourth-order valence-corrected chi connectivity index (χ4v) is 11.1. The number of aryl methyl sites for hydroxylation is 3. The maximum Gasteiger partial charge on any atom is 0.303 e. The van der Waals surface area contributed by atoms with Crippen LogP contribution in [-0.2, 0) is 93.2 Å². The van der Waals surface area contributed by atoms with Crippen LogP contribution in [-0.4, -0.2) is 152 Å². The van der Waals surface area contributed by atoms with Crippen molar-refractivity contribution in [2.24, 2.45) is 5.73 Å². The summed E-state index contributed by atoms with van der Waals surface area (Å²) in [6, 6.07) is 81.7. The molecule has 1 amide bonds. The first-order valence-electron chi connectivity index (χ1n) is 39.9. The fourth-order valence-electron chi connectivity index (χ4n) is 11.1. The Morgan fingerprint density at radius 1 is 0.377 bits per heavy atom. The zero-order valence-electron chi connectivity index (χ0n) is 66.1. The molecular formula is C94H118N2O18. The van der Waals surface area contributed by atoms with E-state index in [1.54, 1.807) is 0 Å². The van der Waals surface area contributed by atoms with Crippen molar-refractivity contribution in [1.82, 2.24) is 5.32 Å². The maximum atomic E-state index is 12.1. The molecule has 5 N–H and O–H groups in total. The zero-order valence-corrected chi connectivity index (χ0v) is 66.1. The van der Waals surface area contributed by atoms with Crippen LogP contribution in [0.15, 0.2) is 249 Å². The summed E-state index contributed by atoms with van der Waals surface area (Å²) < 4.78 is 73.9. The molecule has 0 aromatic heterocycles. The van der Waals surface area contributed by atoms with Crippen LogP contribution < -0.4 is 39.5 Å². The highest BCUT2D eigenvalue weighted by Crippen LogP contribution is 2.35. The molecule has 612 valence electrons. The number of rotatable bonds is 56. The van der Waals surface area contributed by atoms with Crippen LogP contribution in [0.5, 0.6) is 34.5 Å². The molecule has 0 radical (unpaired) electrons. The van der Waals surface area contributed by atoms with Crippen LogP contribution in [0.2, 0.25) is 0 Å². The van der Waals surface area contributed by atoms with Crippen LogP contribution >= 0.6 is 0 Å². The molecule has 1 unspecified atom stereocenters. The first-order valence-corrected chi connectivity index (χ1v) is 39.9. The number of amides is 1. The number of aliphatic hydroxyl groups is 1. The van der Waals surface area contributed by atoms with Gasteiger partial charge in [-0.05, 0) is 127 Å². The van der Waals surface area contributed by atoms with Gasteiger partial charge < -0.3 is 82.8 Å². The number of nitrogens with one attached hydrogen (secondary N) is 1. The lowest BCUT2D eigenvalue weighted by Gasteiger charge is -2.16. The molecule has 1 saturated heterocycles. The number of carboxylic acids is 1. The lowest BCUT2D eigenvalue weighted by atomic mass is 10.0. The molecule has 0 bridgehead atoms. The van der Waals surface area contributed by atoms with E-state index in [4.69, 9.17) is 72.4 Å². The van der Waals surface area contributed by atoms with Crippen molar-refractivity contribution in [2.75, 3.05) is 112 Å². The summed E-state index contributed by atoms with van der Waals surface area (Å²) in [6.45, 7) is 10.8. The molecule has 1 heterocycles. The summed E-state index contributed by atoms with van der Waals surface area (Å²) in [6.07, 6.45) is 9.86. The molecule has 0 spiro atoms.